The predicted octanol–water partition coefficient (Wildman–Crippen LogP) is 6.74. The van der Waals surface area contributed by atoms with Gasteiger partial charge in [0.05, 0.1) is 44.4 Å². The number of fused-ring (bicyclic) bond motifs is 1. The number of pyridine rings is 2. The lowest BCUT2D eigenvalue weighted by Crippen LogP contribution is -2.58. The zero-order valence-electron chi connectivity index (χ0n) is 26.3. The highest BCUT2D eigenvalue weighted by Gasteiger charge is 2.36. The van der Waals surface area contributed by atoms with Gasteiger partial charge in [0, 0.05) is 30.6 Å². The van der Waals surface area contributed by atoms with Gasteiger partial charge in [-0.1, -0.05) is 55.2 Å². The van der Waals surface area contributed by atoms with Crippen LogP contribution in [-0.2, 0) is 4.79 Å². The number of hydrogen-bond donors (Lipinski definition) is 2. The molecule has 1 unspecified atom stereocenters. The molecule has 0 aliphatic carbocycles. The fourth-order valence-electron chi connectivity index (χ4n) is 6.53. The Morgan fingerprint density at radius 2 is 1.83 bits per heavy atom. The summed E-state index contributed by atoms with van der Waals surface area (Å²) >= 11 is 18.9. The average Bonchev–Trinajstić information content (AvgIpc) is 3.02. The Labute approximate surface area is 285 Å². The maximum absolute atomic E-state index is 15.6. The number of carbonyl (C=O) groups is 1. The van der Waals surface area contributed by atoms with E-state index in [1.165, 1.54) is 16.7 Å². The quantitative estimate of drug-likeness (QED) is 0.131. The number of amides is 1. The van der Waals surface area contributed by atoms with Crippen LogP contribution in [0.15, 0.2) is 41.4 Å². The number of nitrogens with two attached hydrogens (primary N) is 1. The van der Waals surface area contributed by atoms with Crippen molar-refractivity contribution in [3.05, 3.63) is 79.2 Å². The molecule has 1 fully saturated rings. The van der Waals surface area contributed by atoms with E-state index in [-0.39, 0.29) is 64.6 Å². The van der Waals surface area contributed by atoms with Crippen molar-refractivity contribution in [2.75, 3.05) is 23.7 Å². The lowest BCUT2D eigenvalue weighted by Gasteiger charge is -2.45. The van der Waals surface area contributed by atoms with Gasteiger partial charge < -0.3 is 20.9 Å². The number of hydrogen-bond acceptors (Lipinski definition) is 7. The number of rotatable bonds is 5. The molecule has 2 aliphatic rings. The number of anilines is 2. The summed E-state index contributed by atoms with van der Waals surface area (Å²) in [5.74, 6) is -3.13. The van der Waals surface area contributed by atoms with Crippen LogP contribution >= 0.6 is 34.8 Å². The third-order valence-corrected chi connectivity index (χ3v) is 9.74. The summed E-state index contributed by atoms with van der Waals surface area (Å²) in [5, 5.41) is 12.8. The summed E-state index contributed by atoms with van der Waals surface area (Å²) in [6.07, 6.45) is 4.80. The molecule has 0 saturated carbocycles. The van der Waals surface area contributed by atoms with Crippen LogP contribution < -0.4 is 21.5 Å². The van der Waals surface area contributed by atoms with Crippen molar-refractivity contribution >= 4 is 68.8 Å². The molecule has 1 amide bonds. The maximum Gasteiger partial charge on any atom is 0.276 e. The Balaban J connectivity index is 1.92. The van der Waals surface area contributed by atoms with Crippen molar-refractivity contribution in [3.63, 3.8) is 0 Å². The topological polar surface area (TPSA) is 120 Å². The number of nitrogens with one attached hydrogen (secondary N) is 1. The molecule has 0 spiro atoms. The van der Waals surface area contributed by atoms with E-state index in [0.717, 1.165) is 0 Å². The molecular formula is C33H32Cl3F2N7O2. The van der Waals surface area contributed by atoms with Crippen molar-refractivity contribution in [1.82, 2.24) is 19.8 Å². The first-order valence-electron chi connectivity index (χ1n) is 14.8. The van der Waals surface area contributed by atoms with Crippen LogP contribution in [0, 0.1) is 28.9 Å². The molecule has 2 aromatic heterocycles. The van der Waals surface area contributed by atoms with Crippen LogP contribution in [0.3, 0.4) is 0 Å². The van der Waals surface area contributed by atoms with E-state index >= 15 is 4.39 Å². The third kappa shape index (κ3) is 5.52. The van der Waals surface area contributed by atoms with Crippen LogP contribution in [0.25, 0.3) is 28.0 Å². The molecule has 2 aliphatic heterocycles. The molecular weight excluding hydrogens is 671 g/mol. The van der Waals surface area contributed by atoms with Gasteiger partial charge in [0.15, 0.2) is 11.6 Å². The van der Waals surface area contributed by atoms with Crippen LogP contribution in [0.2, 0.25) is 15.1 Å². The van der Waals surface area contributed by atoms with Crippen molar-refractivity contribution in [3.8, 4) is 17.3 Å². The molecule has 1 saturated heterocycles. The second-order valence-corrected chi connectivity index (χ2v) is 13.2. The first-order chi connectivity index (χ1) is 22.2. The number of nitriles is 1. The molecule has 14 heteroatoms. The monoisotopic (exact) mass is 701 g/mol. The normalized spacial score (nSPS) is 19.7. The molecule has 0 bridgehead atoms. The Kier molecular flexibility index (Phi) is 9.34. The van der Waals surface area contributed by atoms with Gasteiger partial charge in [-0.2, -0.15) is 5.26 Å². The van der Waals surface area contributed by atoms with Crippen LogP contribution in [0.4, 0.5) is 20.2 Å². The number of allylic oxidation sites excluding steroid dienone is 2. The van der Waals surface area contributed by atoms with E-state index in [4.69, 9.17) is 45.5 Å². The number of aromatic nitrogens is 2. The van der Waals surface area contributed by atoms with Crippen LogP contribution in [0.1, 0.15) is 40.2 Å². The summed E-state index contributed by atoms with van der Waals surface area (Å²) in [6, 6.07) is 2.51. The molecule has 3 atom stereocenters. The third-order valence-electron chi connectivity index (χ3n) is 8.61. The number of carbonyl (C=O) groups excluding carboxylic acids is 1. The van der Waals surface area contributed by atoms with E-state index in [1.54, 1.807) is 17.2 Å². The molecule has 1 aromatic carbocycles. The van der Waals surface area contributed by atoms with E-state index < -0.39 is 44.5 Å². The van der Waals surface area contributed by atoms with E-state index in [1.807, 2.05) is 39.5 Å². The SMILES string of the molecule is C=CC(=O)N1[C@H](C)CN(c2c(C#N)c(=O)n(C3=C(C)C=CNC3C(C)C)c3nc(-c4c(N)c(Cl)c(Cl)c(F)c4F)c(Cl)cc23)C[C@@H]1C. The molecule has 3 aromatic rings. The van der Waals surface area contributed by atoms with Crippen molar-refractivity contribution in [1.29, 1.82) is 5.26 Å². The van der Waals surface area contributed by atoms with Crippen LogP contribution in [0.5, 0.6) is 0 Å². The summed E-state index contributed by atoms with van der Waals surface area (Å²) in [5.41, 5.74) is 5.61. The van der Waals surface area contributed by atoms with Gasteiger partial charge in [-0.15, -0.1) is 0 Å². The van der Waals surface area contributed by atoms with Gasteiger partial charge in [-0.3, -0.25) is 14.2 Å². The second-order valence-electron chi connectivity index (χ2n) is 12.1. The van der Waals surface area contributed by atoms with Crippen molar-refractivity contribution in [2.24, 2.45) is 5.92 Å². The first kappa shape index (κ1) is 34.2. The summed E-state index contributed by atoms with van der Waals surface area (Å²) in [6.45, 7) is 13.6. The minimum Gasteiger partial charge on any atom is -0.397 e. The van der Waals surface area contributed by atoms with Crippen molar-refractivity contribution < 1.29 is 13.6 Å². The number of benzene rings is 1. The lowest BCUT2D eigenvalue weighted by atomic mass is 9.94. The number of piperazine rings is 1. The average molecular weight is 703 g/mol. The van der Waals surface area contributed by atoms with Gasteiger partial charge in [-0.25, -0.2) is 13.8 Å². The number of nitrogens with zero attached hydrogens (tertiary/aromatic N) is 5. The van der Waals surface area contributed by atoms with E-state index in [9.17, 15) is 19.2 Å². The predicted molar refractivity (Wildman–Crippen MR) is 183 cm³/mol. The summed E-state index contributed by atoms with van der Waals surface area (Å²) < 4.78 is 31.8. The minimum atomic E-state index is -1.44. The Bertz CT molecular complexity index is 1980. The van der Waals surface area contributed by atoms with Gasteiger partial charge in [0.2, 0.25) is 5.91 Å². The molecule has 0 radical (unpaired) electrons. The van der Waals surface area contributed by atoms with Crippen LogP contribution in [-0.4, -0.2) is 51.6 Å². The molecule has 47 heavy (non-hydrogen) atoms. The smallest absolute Gasteiger partial charge is 0.276 e. The van der Waals surface area contributed by atoms with Gasteiger partial charge >= 0.3 is 0 Å². The zero-order chi connectivity index (χ0) is 34.6. The number of nitrogen functional groups attached to an aromatic ring is 1. The fraction of sp³-hybridized carbons (Fsp3) is 0.333. The minimum absolute atomic E-state index is 0.0238. The lowest BCUT2D eigenvalue weighted by molar-refractivity contribution is -0.130. The van der Waals surface area contributed by atoms with E-state index in [0.29, 0.717) is 16.7 Å². The van der Waals surface area contributed by atoms with E-state index in [2.05, 4.69) is 18.0 Å². The number of dihydropyridines is 1. The Hall–Kier alpha value is -4.11. The Morgan fingerprint density at radius 3 is 2.40 bits per heavy atom. The molecule has 4 heterocycles. The largest absolute Gasteiger partial charge is 0.397 e. The Morgan fingerprint density at radius 1 is 1.19 bits per heavy atom. The van der Waals surface area contributed by atoms with Crippen molar-refractivity contribution in [2.45, 2.75) is 52.7 Å². The van der Waals surface area contributed by atoms with Gasteiger partial charge in [0.25, 0.3) is 5.56 Å². The molecule has 246 valence electrons. The standard InChI is InChI=1S/C33H32Cl3F2N7O2/c1-7-21(46)44-16(5)12-43(13-17(44)6)31-18-10-20(34)29(22-25(37)26(38)23(35)24(36)27(22)40)42-32(18)45(33(47)19(31)11-39)30-15(4)8-9-41-28(30)14(2)3/h7-10,14,16-17,28,41H,1,12-13,40H2,2-6H3/t16-,17+,28?. The highest BCUT2D eigenvalue weighted by Crippen LogP contribution is 2.44. The summed E-state index contributed by atoms with van der Waals surface area (Å²) in [4.78, 5) is 35.5. The number of halogens is 5. The van der Waals surface area contributed by atoms with Gasteiger partial charge in [-0.05, 0) is 56.7 Å². The molecule has 3 N–H and O–H groups in total. The highest BCUT2D eigenvalue weighted by molar-refractivity contribution is 6.44. The zero-order valence-corrected chi connectivity index (χ0v) is 28.5. The molecule has 9 nitrogen and oxygen atoms in total. The second kappa shape index (κ2) is 12.8. The molecule has 5 rings (SSSR count). The van der Waals surface area contributed by atoms with Gasteiger partial charge in [0.1, 0.15) is 22.3 Å². The first-order valence-corrected chi connectivity index (χ1v) is 15.9. The highest BCUT2D eigenvalue weighted by atomic mass is 35.5. The fourth-order valence-corrected chi connectivity index (χ4v) is 7.14. The summed E-state index contributed by atoms with van der Waals surface area (Å²) in [7, 11) is 0. The maximum atomic E-state index is 15.6.